The molecule has 21 heavy (non-hydrogen) atoms. The third-order valence-electron chi connectivity index (χ3n) is 3.63. The first-order chi connectivity index (χ1) is 10.3. The molecule has 0 saturated carbocycles. The zero-order valence-electron chi connectivity index (χ0n) is 13.0. The van der Waals surface area contributed by atoms with Gasteiger partial charge in [0.25, 0.3) is 0 Å². The summed E-state index contributed by atoms with van der Waals surface area (Å²) >= 11 is 0. The lowest BCUT2D eigenvalue weighted by atomic mass is 10.0. The molecule has 0 bridgehead atoms. The van der Waals surface area contributed by atoms with Crippen LogP contribution in [0.4, 0.5) is 5.69 Å². The molecule has 2 aromatic carbocycles. The summed E-state index contributed by atoms with van der Waals surface area (Å²) in [7, 11) is 1.73. The monoisotopic (exact) mass is 283 g/mol. The number of methoxy groups -OCH3 is 1. The van der Waals surface area contributed by atoms with Crippen molar-refractivity contribution in [2.45, 2.75) is 38.8 Å². The first-order valence-corrected chi connectivity index (χ1v) is 7.73. The van der Waals surface area contributed by atoms with E-state index in [4.69, 9.17) is 4.74 Å². The predicted octanol–water partition coefficient (Wildman–Crippen LogP) is 5.18. The number of benzene rings is 2. The summed E-state index contributed by atoms with van der Waals surface area (Å²) in [6.07, 6.45) is 3.59. The second kappa shape index (κ2) is 8.48. The number of ether oxygens (including phenoxy) is 1. The Balaban J connectivity index is 2.12. The van der Waals surface area contributed by atoms with Crippen LogP contribution in [0.2, 0.25) is 0 Å². The topological polar surface area (TPSA) is 21.3 Å². The normalized spacial score (nSPS) is 12.1. The van der Waals surface area contributed by atoms with E-state index in [9.17, 15) is 0 Å². The smallest absolute Gasteiger partial charge is 0.0713 e. The van der Waals surface area contributed by atoms with Crippen molar-refractivity contribution in [3.63, 3.8) is 0 Å². The molecule has 0 fully saturated rings. The van der Waals surface area contributed by atoms with Crippen LogP contribution in [0.1, 0.15) is 43.4 Å². The van der Waals surface area contributed by atoms with Crippen LogP contribution in [0.3, 0.4) is 0 Å². The quantitative estimate of drug-likeness (QED) is 0.721. The van der Waals surface area contributed by atoms with Crippen molar-refractivity contribution in [1.82, 2.24) is 0 Å². The van der Waals surface area contributed by atoms with E-state index in [1.54, 1.807) is 7.11 Å². The highest BCUT2D eigenvalue weighted by Gasteiger charge is 2.10. The van der Waals surface area contributed by atoms with E-state index >= 15 is 0 Å². The maximum atomic E-state index is 5.21. The van der Waals surface area contributed by atoms with Crippen LogP contribution >= 0.6 is 0 Å². The first-order valence-electron chi connectivity index (χ1n) is 7.73. The molecule has 2 rings (SSSR count). The van der Waals surface area contributed by atoms with Crippen LogP contribution in [-0.4, -0.2) is 7.11 Å². The highest BCUT2D eigenvalue weighted by Crippen LogP contribution is 2.25. The number of hydrogen-bond acceptors (Lipinski definition) is 2. The summed E-state index contributed by atoms with van der Waals surface area (Å²) < 4.78 is 5.21. The minimum Gasteiger partial charge on any atom is -0.380 e. The number of rotatable bonds is 8. The SMILES string of the molecule is CCCCC(Nc1cccc(COC)c1)c1ccccc1. The van der Waals surface area contributed by atoms with Gasteiger partial charge in [0.1, 0.15) is 0 Å². The Morgan fingerprint density at radius 3 is 2.57 bits per heavy atom. The summed E-state index contributed by atoms with van der Waals surface area (Å²) in [4.78, 5) is 0. The van der Waals surface area contributed by atoms with Crippen LogP contribution in [0.5, 0.6) is 0 Å². The molecule has 2 heteroatoms. The molecule has 0 spiro atoms. The summed E-state index contributed by atoms with van der Waals surface area (Å²) in [6.45, 7) is 2.89. The van der Waals surface area contributed by atoms with Gasteiger partial charge in [-0.3, -0.25) is 0 Å². The third kappa shape index (κ3) is 4.91. The molecule has 0 radical (unpaired) electrons. The van der Waals surface area contributed by atoms with E-state index in [1.807, 2.05) is 0 Å². The van der Waals surface area contributed by atoms with Crippen LogP contribution in [0, 0.1) is 0 Å². The Morgan fingerprint density at radius 1 is 1.05 bits per heavy atom. The fourth-order valence-electron chi connectivity index (χ4n) is 2.53. The van der Waals surface area contributed by atoms with E-state index in [-0.39, 0.29) is 0 Å². The van der Waals surface area contributed by atoms with Crippen molar-refractivity contribution in [2.24, 2.45) is 0 Å². The average molecular weight is 283 g/mol. The zero-order chi connectivity index (χ0) is 14.9. The van der Waals surface area contributed by atoms with E-state index in [2.05, 4.69) is 66.8 Å². The third-order valence-corrected chi connectivity index (χ3v) is 3.63. The molecule has 0 aromatic heterocycles. The van der Waals surface area contributed by atoms with Gasteiger partial charge in [0, 0.05) is 12.8 Å². The molecule has 0 aliphatic heterocycles. The molecule has 0 saturated heterocycles. The average Bonchev–Trinajstić information content (AvgIpc) is 2.53. The van der Waals surface area contributed by atoms with Crippen molar-refractivity contribution in [3.8, 4) is 0 Å². The number of anilines is 1. The highest BCUT2D eigenvalue weighted by molar-refractivity contribution is 5.47. The van der Waals surface area contributed by atoms with E-state index in [0.717, 1.165) is 12.1 Å². The Kier molecular flexibility index (Phi) is 6.29. The summed E-state index contributed by atoms with van der Waals surface area (Å²) in [6, 6.07) is 19.5. The van der Waals surface area contributed by atoms with Crippen molar-refractivity contribution in [2.75, 3.05) is 12.4 Å². The lowest BCUT2D eigenvalue weighted by Crippen LogP contribution is -2.11. The van der Waals surface area contributed by atoms with Gasteiger partial charge in [-0.25, -0.2) is 0 Å². The molecule has 0 aliphatic carbocycles. The molecule has 0 heterocycles. The Labute approximate surface area is 128 Å². The Morgan fingerprint density at radius 2 is 1.86 bits per heavy atom. The second-order valence-corrected chi connectivity index (χ2v) is 5.38. The summed E-state index contributed by atoms with van der Waals surface area (Å²) in [5.41, 5.74) is 3.71. The van der Waals surface area contributed by atoms with Crippen LogP contribution < -0.4 is 5.32 Å². The molecule has 1 N–H and O–H groups in total. The molecule has 1 unspecified atom stereocenters. The maximum absolute atomic E-state index is 5.21. The predicted molar refractivity (Wildman–Crippen MR) is 89.5 cm³/mol. The fourth-order valence-corrected chi connectivity index (χ4v) is 2.53. The lowest BCUT2D eigenvalue weighted by Gasteiger charge is -2.21. The summed E-state index contributed by atoms with van der Waals surface area (Å²) in [5.74, 6) is 0. The second-order valence-electron chi connectivity index (χ2n) is 5.38. The fraction of sp³-hybridized carbons (Fsp3) is 0.368. The number of nitrogens with one attached hydrogen (secondary N) is 1. The summed E-state index contributed by atoms with van der Waals surface area (Å²) in [5, 5.41) is 3.67. The van der Waals surface area contributed by atoms with Gasteiger partial charge in [-0.1, -0.05) is 62.2 Å². The van der Waals surface area contributed by atoms with Gasteiger partial charge >= 0.3 is 0 Å². The van der Waals surface area contributed by atoms with Gasteiger partial charge in [-0.05, 0) is 29.7 Å². The van der Waals surface area contributed by atoms with Crippen molar-refractivity contribution < 1.29 is 4.74 Å². The zero-order valence-corrected chi connectivity index (χ0v) is 13.0. The maximum Gasteiger partial charge on any atom is 0.0713 e. The molecule has 0 amide bonds. The van der Waals surface area contributed by atoms with Crippen molar-refractivity contribution in [3.05, 3.63) is 65.7 Å². The minimum atomic E-state index is 0.365. The van der Waals surface area contributed by atoms with Gasteiger partial charge in [0.15, 0.2) is 0 Å². The van der Waals surface area contributed by atoms with Gasteiger partial charge in [-0.15, -0.1) is 0 Å². The lowest BCUT2D eigenvalue weighted by molar-refractivity contribution is 0.185. The molecular formula is C19H25NO. The highest BCUT2D eigenvalue weighted by atomic mass is 16.5. The minimum absolute atomic E-state index is 0.365. The number of unbranched alkanes of at least 4 members (excludes halogenated alkanes) is 1. The Hall–Kier alpha value is -1.80. The van der Waals surface area contributed by atoms with Gasteiger partial charge in [0.05, 0.1) is 12.6 Å². The molecule has 2 aromatic rings. The van der Waals surface area contributed by atoms with E-state index in [1.165, 1.54) is 24.0 Å². The van der Waals surface area contributed by atoms with Crippen LogP contribution in [0.25, 0.3) is 0 Å². The van der Waals surface area contributed by atoms with E-state index in [0.29, 0.717) is 12.6 Å². The van der Waals surface area contributed by atoms with Gasteiger partial charge < -0.3 is 10.1 Å². The van der Waals surface area contributed by atoms with Crippen molar-refractivity contribution >= 4 is 5.69 Å². The molecule has 1 atom stereocenters. The Bertz CT molecular complexity index is 524. The molecule has 112 valence electrons. The van der Waals surface area contributed by atoms with Crippen LogP contribution in [-0.2, 0) is 11.3 Å². The molecular weight excluding hydrogens is 258 g/mol. The van der Waals surface area contributed by atoms with Crippen molar-refractivity contribution in [1.29, 1.82) is 0 Å². The van der Waals surface area contributed by atoms with E-state index < -0.39 is 0 Å². The largest absolute Gasteiger partial charge is 0.380 e. The van der Waals surface area contributed by atoms with Gasteiger partial charge in [-0.2, -0.15) is 0 Å². The van der Waals surface area contributed by atoms with Crippen LogP contribution in [0.15, 0.2) is 54.6 Å². The standard InChI is InChI=1S/C19H25NO/c1-3-4-13-19(17-10-6-5-7-11-17)20-18-12-8-9-16(14-18)15-21-2/h5-12,14,19-20H,3-4,13,15H2,1-2H3. The molecule has 2 nitrogen and oxygen atoms in total. The first kappa shape index (κ1) is 15.6. The number of hydrogen-bond donors (Lipinski definition) is 1. The molecule has 0 aliphatic rings. The van der Waals surface area contributed by atoms with Gasteiger partial charge in [0.2, 0.25) is 0 Å².